The van der Waals surface area contributed by atoms with E-state index in [0.717, 1.165) is 11.1 Å². The van der Waals surface area contributed by atoms with Crippen molar-refractivity contribution in [2.24, 2.45) is 5.73 Å². The highest BCUT2D eigenvalue weighted by molar-refractivity contribution is 5.76. The molecule has 0 saturated carbocycles. The van der Waals surface area contributed by atoms with Crippen molar-refractivity contribution in [1.82, 2.24) is 5.32 Å². The Hall–Kier alpha value is -1.59. The molecule has 0 radical (unpaired) electrons. The molecule has 1 atom stereocenters. The van der Waals surface area contributed by atoms with E-state index in [9.17, 15) is 9.90 Å². The second-order valence-electron chi connectivity index (χ2n) is 5.27. The van der Waals surface area contributed by atoms with Gasteiger partial charge in [-0.2, -0.15) is 0 Å². The fourth-order valence-corrected chi connectivity index (χ4v) is 1.80. The lowest BCUT2D eigenvalue weighted by molar-refractivity contribution is -0.117. The molecule has 5 heteroatoms. The number of aryl methyl sites for hydroxylation is 1. The topological polar surface area (TPSA) is 84.6 Å². The van der Waals surface area contributed by atoms with Gasteiger partial charge < -0.3 is 20.9 Å². The summed E-state index contributed by atoms with van der Waals surface area (Å²) in [5.41, 5.74) is 6.95. The molecule has 1 rings (SSSR count). The van der Waals surface area contributed by atoms with E-state index in [0.29, 0.717) is 18.3 Å². The van der Waals surface area contributed by atoms with Crippen molar-refractivity contribution in [1.29, 1.82) is 0 Å². The summed E-state index contributed by atoms with van der Waals surface area (Å²) in [6, 6.07) is 5.82. The molecule has 1 amide bonds. The SMILES string of the molecule is Cc1cc(CC(N)=O)ccc1OCC(O)CNC(C)C. The Labute approximate surface area is 120 Å². The van der Waals surface area contributed by atoms with Gasteiger partial charge in [0.15, 0.2) is 0 Å². The summed E-state index contributed by atoms with van der Waals surface area (Å²) < 4.78 is 5.58. The average Bonchev–Trinajstić information content (AvgIpc) is 2.34. The number of nitrogens with two attached hydrogens (primary N) is 1. The number of carbonyl (C=O) groups excluding carboxylic acids is 1. The van der Waals surface area contributed by atoms with Gasteiger partial charge in [-0.25, -0.2) is 0 Å². The van der Waals surface area contributed by atoms with Crippen LogP contribution in [0.25, 0.3) is 0 Å². The molecule has 0 spiro atoms. The van der Waals surface area contributed by atoms with Gasteiger partial charge in [0.2, 0.25) is 5.91 Å². The summed E-state index contributed by atoms with van der Waals surface area (Å²) in [5, 5.41) is 12.9. The number of rotatable bonds is 8. The van der Waals surface area contributed by atoms with E-state index < -0.39 is 6.10 Å². The number of primary amides is 1. The van der Waals surface area contributed by atoms with E-state index in [-0.39, 0.29) is 18.9 Å². The molecule has 5 nitrogen and oxygen atoms in total. The number of carbonyl (C=O) groups is 1. The Morgan fingerprint density at radius 1 is 1.45 bits per heavy atom. The standard InChI is InChI=1S/C15H24N2O3/c1-10(2)17-8-13(18)9-20-14-5-4-12(6-11(14)3)7-15(16)19/h4-6,10,13,17-18H,7-9H2,1-3H3,(H2,16,19). The van der Waals surface area contributed by atoms with Crippen LogP contribution in [0.3, 0.4) is 0 Å². The molecule has 4 N–H and O–H groups in total. The van der Waals surface area contributed by atoms with Crippen LogP contribution in [0.2, 0.25) is 0 Å². The Kier molecular flexibility index (Phi) is 6.48. The summed E-state index contributed by atoms with van der Waals surface area (Å²) >= 11 is 0. The van der Waals surface area contributed by atoms with Crippen LogP contribution in [-0.4, -0.2) is 36.3 Å². The number of benzene rings is 1. The maximum Gasteiger partial charge on any atom is 0.221 e. The average molecular weight is 280 g/mol. The zero-order chi connectivity index (χ0) is 15.1. The highest BCUT2D eigenvalue weighted by Crippen LogP contribution is 2.19. The predicted octanol–water partition coefficient (Wildman–Crippen LogP) is 0.761. The van der Waals surface area contributed by atoms with Crippen molar-refractivity contribution in [3.05, 3.63) is 29.3 Å². The summed E-state index contributed by atoms with van der Waals surface area (Å²) in [5.74, 6) is 0.357. The number of aliphatic hydroxyl groups is 1. The largest absolute Gasteiger partial charge is 0.491 e. The lowest BCUT2D eigenvalue weighted by Crippen LogP contribution is -2.35. The minimum absolute atomic E-state index is 0.224. The van der Waals surface area contributed by atoms with Crippen LogP contribution >= 0.6 is 0 Å². The van der Waals surface area contributed by atoms with Gasteiger partial charge in [-0.15, -0.1) is 0 Å². The first kappa shape index (κ1) is 16.5. The molecule has 0 aliphatic rings. The van der Waals surface area contributed by atoms with Crippen molar-refractivity contribution in [3.63, 3.8) is 0 Å². The molecular weight excluding hydrogens is 256 g/mol. The molecular formula is C15H24N2O3. The van der Waals surface area contributed by atoms with E-state index in [4.69, 9.17) is 10.5 Å². The van der Waals surface area contributed by atoms with Crippen LogP contribution in [0.4, 0.5) is 0 Å². The molecule has 0 aromatic heterocycles. The van der Waals surface area contributed by atoms with Crippen LogP contribution in [0.15, 0.2) is 18.2 Å². The van der Waals surface area contributed by atoms with Crippen molar-refractivity contribution in [3.8, 4) is 5.75 Å². The quantitative estimate of drug-likeness (QED) is 0.656. The molecule has 0 bridgehead atoms. The Morgan fingerprint density at radius 2 is 2.15 bits per heavy atom. The Balaban J connectivity index is 2.50. The Bertz CT molecular complexity index is 447. The normalized spacial score (nSPS) is 12.4. The van der Waals surface area contributed by atoms with E-state index in [1.54, 1.807) is 6.07 Å². The van der Waals surface area contributed by atoms with Crippen LogP contribution in [-0.2, 0) is 11.2 Å². The predicted molar refractivity (Wildman–Crippen MR) is 78.7 cm³/mol. The summed E-state index contributed by atoms with van der Waals surface area (Å²) in [6.07, 6.45) is -0.329. The maximum absolute atomic E-state index is 10.9. The highest BCUT2D eigenvalue weighted by atomic mass is 16.5. The van der Waals surface area contributed by atoms with Crippen LogP contribution < -0.4 is 15.8 Å². The number of nitrogens with one attached hydrogen (secondary N) is 1. The zero-order valence-electron chi connectivity index (χ0n) is 12.3. The van der Waals surface area contributed by atoms with Crippen molar-refractivity contribution in [2.45, 2.75) is 39.3 Å². The molecule has 1 aromatic carbocycles. The highest BCUT2D eigenvalue weighted by Gasteiger charge is 2.08. The second-order valence-corrected chi connectivity index (χ2v) is 5.27. The minimum atomic E-state index is -0.554. The number of amides is 1. The first-order valence-corrected chi connectivity index (χ1v) is 6.80. The minimum Gasteiger partial charge on any atom is -0.491 e. The van der Waals surface area contributed by atoms with Gasteiger partial charge in [0.05, 0.1) is 6.42 Å². The number of aliphatic hydroxyl groups excluding tert-OH is 1. The second kappa shape index (κ2) is 7.87. The van der Waals surface area contributed by atoms with Crippen molar-refractivity contribution >= 4 is 5.91 Å². The molecule has 20 heavy (non-hydrogen) atoms. The molecule has 0 aliphatic carbocycles. The fourth-order valence-electron chi connectivity index (χ4n) is 1.80. The van der Waals surface area contributed by atoms with Crippen LogP contribution in [0, 0.1) is 6.92 Å². The lowest BCUT2D eigenvalue weighted by atomic mass is 10.1. The lowest BCUT2D eigenvalue weighted by Gasteiger charge is -2.16. The van der Waals surface area contributed by atoms with Crippen molar-refractivity contribution in [2.75, 3.05) is 13.2 Å². The fraction of sp³-hybridized carbons (Fsp3) is 0.533. The third-order valence-corrected chi connectivity index (χ3v) is 2.81. The smallest absolute Gasteiger partial charge is 0.221 e. The van der Waals surface area contributed by atoms with E-state index in [2.05, 4.69) is 5.32 Å². The molecule has 1 unspecified atom stereocenters. The molecule has 0 aliphatic heterocycles. The van der Waals surface area contributed by atoms with Gasteiger partial charge in [-0.1, -0.05) is 26.0 Å². The molecule has 0 fully saturated rings. The van der Waals surface area contributed by atoms with Gasteiger partial charge in [-0.3, -0.25) is 4.79 Å². The third kappa shape index (κ3) is 6.04. The van der Waals surface area contributed by atoms with E-state index in [1.807, 2.05) is 32.9 Å². The van der Waals surface area contributed by atoms with Gasteiger partial charge in [0.25, 0.3) is 0 Å². The summed E-state index contributed by atoms with van der Waals surface area (Å²) in [7, 11) is 0. The third-order valence-electron chi connectivity index (χ3n) is 2.81. The first-order chi connectivity index (χ1) is 9.38. The van der Waals surface area contributed by atoms with E-state index >= 15 is 0 Å². The molecule has 1 aromatic rings. The van der Waals surface area contributed by atoms with Gasteiger partial charge in [-0.05, 0) is 24.1 Å². The molecule has 112 valence electrons. The number of hydrogen-bond donors (Lipinski definition) is 3. The maximum atomic E-state index is 10.9. The van der Waals surface area contributed by atoms with Gasteiger partial charge >= 0.3 is 0 Å². The van der Waals surface area contributed by atoms with E-state index in [1.165, 1.54) is 0 Å². The monoisotopic (exact) mass is 280 g/mol. The Morgan fingerprint density at radius 3 is 2.70 bits per heavy atom. The number of ether oxygens (including phenoxy) is 1. The molecule has 0 heterocycles. The molecule has 0 saturated heterocycles. The van der Waals surface area contributed by atoms with Crippen LogP contribution in [0.1, 0.15) is 25.0 Å². The summed E-state index contributed by atoms with van der Waals surface area (Å²) in [4.78, 5) is 10.9. The number of hydrogen-bond acceptors (Lipinski definition) is 4. The van der Waals surface area contributed by atoms with Gasteiger partial charge in [0, 0.05) is 12.6 Å². The van der Waals surface area contributed by atoms with Crippen LogP contribution in [0.5, 0.6) is 5.75 Å². The van der Waals surface area contributed by atoms with Crippen molar-refractivity contribution < 1.29 is 14.6 Å². The first-order valence-electron chi connectivity index (χ1n) is 6.80. The summed E-state index contributed by atoms with van der Waals surface area (Å²) in [6.45, 7) is 6.68. The zero-order valence-corrected chi connectivity index (χ0v) is 12.3. The van der Waals surface area contributed by atoms with Gasteiger partial charge in [0.1, 0.15) is 18.5 Å².